The number of nitrogens with one attached hydrogen (secondary N) is 1. The van der Waals surface area contributed by atoms with Gasteiger partial charge in [0.15, 0.2) is 0 Å². The molecule has 0 spiro atoms. The Morgan fingerprint density at radius 1 is 0.824 bits per heavy atom. The Bertz CT molecular complexity index is 490. The van der Waals surface area contributed by atoms with Crippen LogP contribution in [0.1, 0.15) is 22.7 Å². The number of hydrogen-bond acceptors (Lipinski definition) is 1. The Morgan fingerprint density at radius 3 is 2.35 bits per heavy atom. The molecular weight excluding hydrogens is 206 g/mol. The molecule has 0 bridgehead atoms. The van der Waals surface area contributed by atoms with Gasteiger partial charge in [-0.25, -0.2) is 0 Å². The van der Waals surface area contributed by atoms with Crippen LogP contribution in [-0.2, 0) is 12.8 Å². The number of rotatable bonds is 1. The lowest BCUT2D eigenvalue weighted by atomic mass is 9.97. The van der Waals surface area contributed by atoms with Gasteiger partial charge in [0.1, 0.15) is 0 Å². The van der Waals surface area contributed by atoms with Crippen LogP contribution < -0.4 is 5.32 Å². The fourth-order valence-electron chi connectivity index (χ4n) is 2.59. The van der Waals surface area contributed by atoms with Crippen LogP contribution in [0.5, 0.6) is 0 Å². The van der Waals surface area contributed by atoms with Crippen LogP contribution >= 0.6 is 0 Å². The lowest BCUT2D eigenvalue weighted by molar-refractivity contribution is 0.553. The van der Waals surface area contributed by atoms with E-state index < -0.39 is 0 Å². The number of benzene rings is 2. The molecule has 0 saturated heterocycles. The van der Waals surface area contributed by atoms with Crippen molar-refractivity contribution in [2.24, 2.45) is 0 Å². The number of fused-ring (bicyclic) bond motifs is 1. The van der Waals surface area contributed by atoms with Gasteiger partial charge in [0.25, 0.3) is 0 Å². The quantitative estimate of drug-likeness (QED) is 0.783. The molecule has 1 N–H and O–H groups in total. The molecule has 1 aliphatic heterocycles. The van der Waals surface area contributed by atoms with Gasteiger partial charge in [0, 0.05) is 6.04 Å². The Balaban J connectivity index is 1.91. The molecule has 1 heteroatoms. The zero-order valence-electron chi connectivity index (χ0n) is 9.89. The monoisotopic (exact) mass is 223 g/mol. The summed E-state index contributed by atoms with van der Waals surface area (Å²) < 4.78 is 0. The molecule has 17 heavy (non-hydrogen) atoms. The van der Waals surface area contributed by atoms with Crippen LogP contribution in [0.4, 0.5) is 0 Å². The van der Waals surface area contributed by atoms with E-state index in [4.69, 9.17) is 0 Å². The van der Waals surface area contributed by atoms with Gasteiger partial charge in [-0.05, 0) is 36.1 Å². The lowest BCUT2D eigenvalue weighted by Gasteiger charge is -2.16. The lowest BCUT2D eigenvalue weighted by Crippen LogP contribution is -2.22. The largest absolute Gasteiger partial charge is 0.309 e. The Morgan fingerprint density at radius 2 is 1.53 bits per heavy atom. The first-order valence-corrected chi connectivity index (χ1v) is 6.28. The molecule has 1 aliphatic rings. The molecule has 1 nitrogen and oxygen atoms in total. The second kappa shape index (κ2) is 4.72. The molecule has 2 aromatic carbocycles. The maximum absolute atomic E-state index is 3.64. The highest BCUT2D eigenvalue weighted by Gasteiger charge is 2.16. The van der Waals surface area contributed by atoms with E-state index in [9.17, 15) is 0 Å². The smallest absolute Gasteiger partial charge is 0.0361 e. The Kier molecular flexibility index (Phi) is 2.93. The van der Waals surface area contributed by atoms with E-state index in [0.717, 1.165) is 19.4 Å². The van der Waals surface area contributed by atoms with E-state index in [2.05, 4.69) is 59.9 Å². The maximum atomic E-state index is 3.64. The minimum atomic E-state index is 0.458. The molecular formula is C16H17N. The SMILES string of the molecule is c1ccc([C@H]2Cc3ccccc3CCN2)cc1. The average Bonchev–Trinajstić information content (AvgIpc) is 2.62. The molecule has 0 fully saturated rings. The first-order chi connectivity index (χ1) is 8.43. The molecule has 0 aromatic heterocycles. The van der Waals surface area contributed by atoms with Crippen LogP contribution in [0.2, 0.25) is 0 Å². The second-order valence-corrected chi connectivity index (χ2v) is 4.64. The van der Waals surface area contributed by atoms with Crippen molar-refractivity contribution in [1.82, 2.24) is 5.32 Å². The Labute approximate surface area is 102 Å². The van der Waals surface area contributed by atoms with Gasteiger partial charge in [0.2, 0.25) is 0 Å². The van der Waals surface area contributed by atoms with Crippen molar-refractivity contribution < 1.29 is 0 Å². The van der Waals surface area contributed by atoms with Crippen molar-refractivity contribution in [3.8, 4) is 0 Å². The fraction of sp³-hybridized carbons (Fsp3) is 0.250. The topological polar surface area (TPSA) is 12.0 Å². The van der Waals surface area contributed by atoms with Crippen LogP contribution in [-0.4, -0.2) is 6.54 Å². The van der Waals surface area contributed by atoms with Gasteiger partial charge in [-0.3, -0.25) is 0 Å². The van der Waals surface area contributed by atoms with Crippen molar-refractivity contribution >= 4 is 0 Å². The molecule has 0 saturated carbocycles. The molecule has 3 rings (SSSR count). The summed E-state index contributed by atoms with van der Waals surface area (Å²) in [6.07, 6.45) is 2.24. The van der Waals surface area contributed by atoms with Gasteiger partial charge in [-0.1, -0.05) is 54.6 Å². The summed E-state index contributed by atoms with van der Waals surface area (Å²) in [6.45, 7) is 1.07. The van der Waals surface area contributed by atoms with Crippen molar-refractivity contribution in [3.05, 3.63) is 71.3 Å². The van der Waals surface area contributed by atoms with Crippen LogP contribution in [0.25, 0.3) is 0 Å². The van der Waals surface area contributed by atoms with E-state index >= 15 is 0 Å². The summed E-state index contributed by atoms with van der Waals surface area (Å²) in [5, 5.41) is 3.64. The summed E-state index contributed by atoms with van der Waals surface area (Å²) in [5.41, 5.74) is 4.38. The van der Waals surface area contributed by atoms with Gasteiger partial charge < -0.3 is 5.32 Å². The van der Waals surface area contributed by atoms with Crippen molar-refractivity contribution in [1.29, 1.82) is 0 Å². The third-order valence-electron chi connectivity index (χ3n) is 3.53. The normalized spacial score (nSPS) is 19.4. The number of hydrogen-bond donors (Lipinski definition) is 1. The first-order valence-electron chi connectivity index (χ1n) is 6.28. The standard InChI is InChI=1S/C16H17N/c1-2-7-14(8-3-1)16-12-15-9-5-4-6-13(15)10-11-17-16/h1-9,16-17H,10-12H2/t16-/m1/s1. The van der Waals surface area contributed by atoms with E-state index in [0.29, 0.717) is 6.04 Å². The van der Waals surface area contributed by atoms with E-state index in [1.165, 1.54) is 16.7 Å². The summed E-state index contributed by atoms with van der Waals surface area (Å²) in [6, 6.07) is 20.0. The first kappa shape index (κ1) is 10.5. The zero-order chi connectivity index (χ0) is 11.5. The molecule has 86 valence electrons. The summed E-state index contributed by atoms with van der Waals surface area (Å²) in [4.78, 5) is 0. The van der Waals surface area contributed by atoms with Crippen molar-refractivity contribution in [2.75, 3.05) is 6.54 Å². The fourth-order valence-corrected chi connectivity index (χ4v) is 2.59. The van der Waals surface area contributed by atoms with Gasteiger partial charge in [0.05, 0.1) is 0 Å². The molecule has 1 atom stereocenters. The molecule has 0 aliphatic carbocycles. The van der Waals surface area contributed by atoms with Gasteiger partial charge in [-0.15, -0.1) is 0 Å². The maximum Gasteiger partial charge on any atom is 0.0361 e. The van der Waals surface area contributed by atoms with Crippen LogP contribution in [0.15, 0.2) is 54.6 Å². The summed E-state index contributed by atoms with van der Waals surface area (Å²) in [5.74, 6) is 0. The predicted molar refractivity (Wildman–Crippen MR) is 71.0 cm³/mol. The molecule has 1 heterocycles. The van der Waals surface area contributed by atoms with Crippen molar-refractivity contribution in [3.63, 3.8) is 0 Å². The van der Waals surface area contributed by atoms with Gasteiger partial charge in [-0.2, -0.15) is 0 Å². The van der Waals surface area contributed by atoms with Crippen LogP contribution in [0, 0.1) is 0 Å². The highest BCUT2D eigenvalue weighted by atomic mass is 14.9. The molecule has 0 unspecified atom stereocenters. The van der Waals surface area contributed by atoms with Crippen molar-refractivity contribution in [2.45, 2.75) is 18.9 Å². The summed E-state index contributed by atoms with van der Waals surface area (Å²) >= 11 is 0. The Hall–Kier alpha value is -1.60. The van der Waals surface area contributed by atoms with E-state index in [1.54, 1.807) is 0 Å². The minimum absolute atomic E-state index is 0.458. The highest BCUT2D eigenvalue weighted by Crippen LogP contribution is 2.23. The zero-order valence-corrected chi connectivity index (χ0v) is 9.89. The van der Waals surface area contributed by atoms with Gasteiger partial charge >= 0.3 is 0 Å². The summed E-state index contributed by atoms with van der Waals surface area (Å²) in [7, 11) is 0. The predicted octanol–water partition coefficient (Wildman–Crippen LogP) is 3.12. The van der Waals surface area contributed by atoms with Crippen LogP contribution in [0.3, 0.4) is 0 Å². The molecule has 2 aromatic rings. The minimum Gasteiger partial charge on any atom is -0.309 e. The third kappa shape index (κ3) is 2.25. The second-order valence-electron chi connectivity index (χ2n) is 4.64. The van der Waals surface area contributed by atoms with E-state index in [-0.39, 0.29) is 0 Å². The molecule has 0 radical (unpaired) electrons. The average molecular weight is 223 g/mol. The van der Waals surface area contributed by atoms with E-state index in [1.807, 2.05) is 0 Å². The molecule has 0 amide bonds. The third-order valence-corrected chi connectivity index (χ3v) is 3.53. The highest BCUT2D eigenvalue weighted by molar-refractivity contribution is 5.32.